The molecule has 3 atom stereocenters. The van der Waals surface area contributed by atoms with Crippen molar-refractivity contribution >= 4 is 5.91 Å². The van der Waals surface area contributed by atoms with Crippen molar-refractivity contribution in [1.29, 1.82) is 0 Å². The molecule has 0 radical (unpaired) electrons. The van der Waals surface area contributed by atoms with Gasteiger partial charge in [0.15, 0.2) is 0 Å². The third kappa shape index (κ3) is 2.69. The summed E-state index contributed by atoms with van der Waals surface area (Å²) in [5.74, 6) is 0.138. The molecule has 14 heavy (non-hydrogen) atoms. The Kier molecular flexibility index (Phi) is 4.35. The zero-order valence-electron chi connectivity index (χ0n) is 8.92. The van der Waals surface area contributed by atoms with Crippen LogP contribution in [0.5, 0.6) is 0 Å². The lowest BCUT2D eigenvalue weighted by Crippen LogP contribution is -2.43. The van der Waals surface area contributed by atoms with Crippen LogP contribution in [-0.2, 0) is 4.79 Å². The van der Waals surface area contributed by atoms with Gasteiger partial charge in [0.2, 0.25) is 5.91 Å². The molecule has 0 aromatic heterocycles. The summed E-state index contributed by atoms with van der Waals surface area (Å²) >= 11 is 0. The van der Waals surface area contributed by atoms with Crippen LogP contribution in [0.1, 0.15) is 26.7 Å². The van der Waals surface area contributed by atoms with Crippen LogP contribution in [0.25, 0.3) is 0 Å². The number of aliphatic hydroxyl groups is 1. The molecule has 82 valence electrons. The molecule has 0 aromatic carbocycles. The van der Waals surface area contributed by atoms with Crippen LogP contribution in [0.2, 0.25) is 0 Å². The molecule has 3 N–H and O–H groups in total. The van der Waals surface area contributed by atoms with Crippen molar-refractivity contribution in [1.82, 2.24) is 10.6 Å². The molecule has 1 aliphatic heterocycles. The highest BCUT2D eigenvalue weighted by Crippen LogP contribution is 2.15. The van der Waals surface area contributed by atoms with Crippen molar-refractivity contribution < 1.29 is 9.90 Å². The summed E-state index contributed by atoms with van der Waals surface area (Å²) in [7, 11) is 0. The van der Waals surface area contributed by atoms with Gasteiger partial charge in [-0.05, 0) is 26.3 Å². The second-order valence-electron chi connectivity index (χ2n) is 3.93. The first-order valence-corrected chi connectivity index (χ1v) is 5.33. The van der Waals surface area contributed by atoms with E-state index in [0.717, 1.165) is 19.4 Å². The van der Waals surface area contributed by atoms with Crippen molar-refractivity contribution in [2.75, 3.05) is 13.2 Å². The second kappa shape index (κ2) is 5.32. The van der Waals surface area contributed by atoms with Gasteiger partial charge in [0.1, 0.15) is 0 Å². The van der Waals surface area contributed by atoms with Crippen LogP contribution < -0.4 is 10.6 Å². The van der Waals surface area contributed by atoms with Crippen LogP contribution in [0.4, 0.5) is 0 Å². The number of hydrogen-bond donors (Lipinski definition) is 3. The lowest BCUT2D eigenvalue weighted by Gasteiger charge is -2.19. The third-order valence-corrected chi connectivity index (χ3v) is 2.92. The van der Waals surface area contributed by atoms with Crippen LogP contribution in [0.3, 0.4) is 0 Å². The van der Waals surface area contributed by atoms with E-state index in [1.807, 2.05) is 13.8 Å². The van der Waals surface area contributed by atoms with Crippen LogP contribution in [0.15, 0.2) is 0 Å². The fourth-order valence-electron chi connectivity index (χ4n) is 1.80. The molecule has 0 aliphatic carbocycles. The number of nitrogens with one attached hydrogen (secondary N) is 2. The van der Waals surface area contributed by atoms with E-state index in [2.05, 4.69) is 10.6 Å². The lowest BCUT2D eigenvalue weighted by molar-refractivity contribution is -0.126. The molecule has 4 nitrogen and oxygen atoms in total. The molecule has 1 rings (SSSR count). The van der Waals surface area contributed by atoms with E-state index in [-0.39, 0.29) is 30.5 Å². The predicted molar refractivity (Wildman–Crippen MR) is 54.9 cm³/mol. The summed E-state index contributed by atoms with van der Waals surface area (Å²) in [6.07, 6.45) is 1.67. The Hall–Kier alpha value is -0.610. The van der Waals surface area contributed by atoms with Gasteiger partial charge in [-0.25, -0.2) is 0 Å². The van der Waals surface area contributed by atoms with Gasteiger partial charge in [-0.15, -0.1) is 0 Å². The van der Waals surface area contributed by atoms with Crippen molar-refractivity contribution in [2.45, 2.75) is 38.8 Å². The molecule has 1 fully saturated rings. The van der Waals surface area contributed by atoms with Gasteiger partial charge < -0.3 is 15.7 Å². The summed E-state index contributed by atoms with van der Waals surface area (Å²) < 4.78 is 0. The van der Waals surface area contributed by atoms with Crippen LogP contribution in [-0.4, -0.2) is 36.2 Å². The molecule has 1 amide bonds. The van der Waals surface area contributed by atoms with Crippen LogP contribution in [0, 0.1) is 5.92 Å². The minimum atomic E-state index is -0.0877. The number of aliphatic hydroxyl groups excluding tert-OH is 1. The van der Waals surface area contributed by atoms with Gasteiger partial charge in [-0.3, -0.25) is 4.79 Å². The topological polar surface area (TPSA) is 61.4 Å². The van der Waals surface area contributed by atoms with Gasteiger partial charge in [-0.1, -0.05) is 6.92 Å². The molecule has 0 spiro atoms. The van der Waals surface area contributed by atoms with E-state index in [1.165, 1.54) is 0 Å². The minimum Gasteiger partial charge on any atom is -0.394 e. The van der Waals surface area contributed by atoms with E-state index in [4.69, 9.17) is 5.11 Å². The molecule has 1 aliphatic rings. The first-order valence-electron chi connectivity index (χ1n) is 5.33. The molecular formula is C10H20N2O2. The quantitative estimate of drug-likeness (QED) is 0.592. The Morgan fingerprint density at radius 1 is 1.71 bits per heavy atom. The Balaban J connectivity index is 2.40. The van der Waals surface area contributed by atoms with E-state index >= 15 is 0 Å². The Morgan fingerprint density at radius 2 is 2.43 bits per heavy atom. The lowest BCUT2D eigenvalue weighted by atomic mass is 10.0. The predicted octanol–water partition coefficient (Wildman–Crippen LogP) is -0.128. The fourth-order valence-corrected chi connectivity index (χ4v) is 1.80. The van der Waals surface area contributed by atoms with Gasteiger partial charge >= 0.3 is 0 Å². The summed E-state index contributed by atoms with van der Waals surface area (Å²) in [5, 5.41) is 15.0. The molecule has 0 bridgehead atoms. The van der Waals surface area contributed by atoms with E-state index in [0.29, 0.717) is 0 Å². The maximum Gasteiger partial charge on any atom is 0.225 e. The van der Waals surface area contributed by atoms with Crippen LogP contribution >= 0.6 is 0 Å². The van der Waals surface area contributed by atoms with E-state index < -0.39 is 0 Å². The molecule has 4 heteroatoms. The van der Waals surface area contributed by atoms with Gasteiger partial charge in [0.05, 0.1) is 18.6 Å². The number of rotatable bonds is 4. The van der Waals surface area contributed by atoms with E-state index in [1.54, 1.807) is 0 Å². The highest BCUT2D eigenvalue weighted by molar-refractivity contribution is 5.80. The highest BCUT2D eigenvalue weighted by atomic mass is 16.3. The maximum absolute atomic E-state index is 11.7. The zero-order chi connectivity index (χ0) is 10.6. The van der Waals surface area contributed by atoms with Gasteiger partial charge in [-0.2, -0.15) is 0 Å². The monoisotopic (exact) mass is 200 g/mol. The normalized spacial score (nSPS) is 28.8. The molecule has 3 unspecified atom stereocenters. The first kappa shape index (κ1) is 11.5. The minimum absolute atomic E-state index is 0.0246. The molecular weight excluding hydrogens is 180 g/mol. The third-order valence-electron chi connectivity index (χ3n) is 2.92. The fraction of sp³-hybridized carbons (Fsp3) is 0.900. The maximum atomic E-state index is 11.7. The standard InChI is InChI=1S/C10H20N2O2/c1-3-8(6-13)12-10(14)9-4-5-11-7(9)2/h7-9,11,13H,3-6H2,1-2H3,(H,12,14). The number of amides is 1. The first-order chi connectivity index (χ1) is 6.69. The smallest absolute Gasteiger partial charge is 0.225 e. The highest BCUT2D eigenvalue weighted by Gasteiger charge is 2.29. The zero-order valence-corrected chi connectivity index (χ0v) is 8.92. The largest absolute Gasteiger partial charge is 0.394 e. The Morgan fingerprint density at radius 3 is 2.86 bits per heavy atom. The average Bonchev–Trinajstić information content (AvgIpc) is 2.60. The SMILES string of the molecule is CCC(CO)NC(=O)C1CCNC1C. The number of carbonyl (C=O) groups excluding carboxylic acids is 1. The van der Waals surface area contributed by atoms with Gasteiger partial charge in [0, 0.05) is 6.04 Å². The Bertz CT molecular complexity index is 193. The molecule has 1 heterocycles. The van der Waals surface area contributed by atoms with Crippen molar-refractivity contribution in [3.05, 3.63) is 0 Å². The van der Waals surface area contributed by atoms with Crippen molar-refractivity contribution in [2.24, 2.45) is 5.92 Å². The van der Waals surface area contributed by atoms with Crippen molar-refractivity contribution in [3.8, 4) is 0 Å². The van der Waals surface area contributed by atoms with Crippen molar-refractivity contribution in [3.63, 3.8) is 0 Å². The van der Waals surface area contributed by atoms with Gasteiger partial charge in [0.25, 0.3) is 0 Å². The summed E-state index contributed by atoms with van der Waals surface area (Å²) in [4.78, 5) is 11.7. The summed E-state index contributed by atoms with van der Waals surface area (Å²) in [6.45, 7) is 4.92. The van der Waals surface area contributed by atoms with E-state index in [9.17, 15) is 4.79 Å². The number of carbonyl (C=O) groups is 1. The molecule has 0 saturated carbocycles. The second-order valence-corrected chi connectivity index (χ2v) is 3.93. The summed E-state index contributed by atoms with van der Waals surface area (Å²) in [5.41, 5.74) is 0. The number of hydrogen-bond acceptors (Lipinski definition) is 3. The Labute approximate surface area is 85.1 Å². The molecule has 0 aromatic rings. The summed E-state index contributed by atoms with van der Waals surface area (Å²) in [6, 6.07) is 0.168. The molecule has 1 saturated heterocycles. The average molecular weight is 200 g/mol.